The van der Waals surface area contributed by atoms with Gasteiger partial charge in [-0.05, 0) is 43.9 Å². The van der Waals surface area contributed by atoms with Crippen molar-refractivity contribution in [1.29, 1.82) is 0 Å². The molecule has 0 aliphatic rings. The fourth-order valence-corrected chi connectivity index (χ4v) is 2.14. The van der Waals surface area contributed by atoms with Crippen molar-refractivity contribution in [1.82, 2.24) is 4.98 Å². The van der Waals surface area contributed by atoms with Gasteiger partial charge in [0.2, 0.25) is 0 Å². The largest absolute Gasteiger partial charge is 0.389 e. The number of aliphatic hydroxyl groups excluding tert-OH is 1. The van der Waals surface area contributed by atoms with Crippen LogP contribution in [0.5, 0.6) is 0 Å². The van der Waals surface area contributed by atoms with E-state index < -0.39 is 6.10 Å². The van der Waals surface area contributed by atoms with Crippen molar-refractivity contribution < 1.29 is 5.11 Å². The van der Waals surface area contributed by atoms with E-state index in [1.165, 1.54) is 0 Å². The molecular weight excluding hydrogens is 232 g/mol. The van der Waals surface area contributed by atoms with Crippen molar-refractivity contribution in [2.75, 3.05) is 24.0 Å². The molecule has 4 heteroatoms. The van der Waals surface area contributed by atoms with Crippen LogP contribution >= 0.6 is 11.8 Å². The van der Waals surface area contributed by atoms with Gasteiger partial charge in [0, 0.05) is 19.3 Å². The highest BCUT2D eigenvalue weighted by Gasteiger charge is 2.11. The van der Waals surface area contributed by atoms with Crippen LogP contribution in [0.15, 0.2) is 18.3 Å². The summed E-state index contributed by atoms with van der Waals surface area (Å²) in [6.07, 6.45) is 4.58. The lowest BCUT2D eigenvalue weighted by molar-refractivity contribution is 0.199. The Kier molecular flexibility index (Phi) is 5.78. The average Bonchev–Trinajstić information content (AvgIpc) is 2.35. The quantitative estimate of drug-likeness (QED) is 0.847. The Morgan fingerprint density at radius 2 is 2.12 bits per heavy atom. The Morgan fingerprint density at radius 1 is 1.41 bits per heavy atom. The highest BCUT2D eigenvalue weighted by atomic mass is 32.2. The number of thioether (sulfide) groups is 1. The van der Waals surface area contributed by atoms with Crippen LogP contribution in [-0.4, -0.2) is 35.2 Å². The molecule has 3 nitrogen and oxygen atoms in total. The molecule has 96 valence electrons. The highest BCUT2D eigenvalue weighted by Crippen LogP contribution is 2.18. The molecule has 0 spiro atoms. The lowest BCUT2D eigenvalue weighted by Crippen LogP contribution is -2.30. The molecule has 2 atom stereocenters. The van der Waals surface area contributed by atoms with Crippen LogP contribution in [0.1, 0.15) is 31.9 Å². The Balaban J connectivity index is 2.65. The highest BCUT2D eigenvalue weighted by molar-refractivity contribution is 7.98. The van der Waals surface area contributed by atoms with E-state index in [1.807, 2.05) is 23.9 Å². The lowest BCUT2D eigenvalue weighted by atomic mass is 10.2. The third kappa shape index (κ3) is 4.21. The summed E-state index contributed by atoms with van der Waals surface area (Å²) in [6, 6.07) is 4.38. The van der Waals surface area contributed by atoms with Crippen LogP contribution in [0.3, 0.4) is 0 Å². The molecule has 0 saturated heterocycles. The van der Waals surface area contributed by atoms with E-state index in [0.29, 0.717) is 6.04 Å². The van der Waals surface area contributed by atoms with E-state index in [4.69, 9.17) is 0 Å². The van der Waals surface area contributed by atoms with Gasteiger partial charge < -0.3 is 10.0 Å². The summed E-state index contributed by atoms with van der Waals surface area (Å²) in [6.45, 7) is 3.96. The predicted octanol–water partition coefficient (Wildman–Crippen LogP) is 2.71. The van der Waals surface area contributed by atoms with Gasteiger partial charge in [0.25, 0.3) is 0 Å². The Hall–Kier alpha value is -0.740. The van der Waals surface area contributed by atoms with Crippen molar-refractivity contribution in [3.05, 3.63) is 23.9 Å². The zero-order valence-corrected chi connectivity index (χ0v) is 11.9. The summed E-state index contributed by atoms with van der Waals surface area (Å²) < 4.78 is 0. The summed E-state index contributed by atoms with van der Waals surface area (Å²) >= 11 is 1.87. The first-order valence-electron chi connectivity index (χ1n) is 5.92. The number of hydrogen-bond acceptors (Lipinski definition) is 4. The first-order valence-corrected chi connectivity index (χ1v) is 7.31. The maximum absolute atomic E-state index is 9.42. The number of pyridine rings is 1. The van der Waals surface area contributed by atoms with Crippen LogP contribution < -0.4 is 4.90 Å². The molecule has 1 unspecified atom stereocenters. The van der Waals surface area contributed by atoms with Gasteiger partial charge >= 0.3 is 0 Å². The lowest BCUT2D eigenvalue weighted by Gasteiger charge is -2.26. The van der Waals surface area contributed by atoms with E-state index >= 15 is 0 Å². The molecule has 17 heavy (non-hydrogen) atoms. The maximum Gasteiger partial charge on any atom is 0.128 e. The average molecular weight is 254 g/mol. The zero-order chi connectivity index (χ0) is 12.8. The second-order valence-electron chi connectivity index (χ2n) is 4.37. The van der Waals surface area contributed by atoms with Crippen molar-refractivity contribution in [3.63, 3.8) is 0 Å². The number of hydrogen-bond donors (Lipinski definition) is 1. The first kappa shape index (κ1) is 14.3. The molecular formula is C13H22N2OS. The van der Waals surface area contributed by atoms with E-state index in [9.17, 15) is 5.11 Å². The molecule has 1 heterocycles. The molecule has 0 aliphatic carbocycles. The van der Waals surface area contributed by atoms with Gasteiger partial charge in [-0.3, -0.25) is 0 Å². The van der Waals surface area contributed by atoms with E-state index in [0.717, 1.165) is 23.6 Å². The fraction of sp³-hybridized carbons (Fsp3) is 0.615. The van der Waals surface area contributed by atoms with E-state index in [2.05, 4.69) is 30.1 Å². The summed E-state index contributed by atoms with van der Waals surface area (Å²) in [5.41, 5.74) is 0.860. The number of aromatic nitrogens is 1. The van der Waals surface area contributed by atoms with Crippen molar-refractivity contribution in [2.24, 2.45) is 0 Å². The molecule has 0 fully saturated rings. The molecule has 1 aromatic rings. The van der Waals surface area contributed by atoms with Gasteiger partial charge in [-0.2, -0.15) is 11.8 Å². The van der Waals surface area contributed by atoms with Crippen LogP contribution in [-0.2, 0) is 0 Å². The molecule has 1 rings (SSSR count). The fourth-order valence-electron chi connectivity index (χ4n) is 1.56. The summed E-state index contributed by atoms with van der Waals surface area (Å²) in [4.78, 5) is 6.57. The summed E-state index contributed by atoms with van der Waals surface area (Å²) in [5, 5.41) is 9.42. The van der Waals surface area contributed by atoms with Gasteiger partial charge in [0.1, 0.15) is 5.82 Å². The first-order chi connectivity index (χ1) is 8.06. The normalized spacial score (nSPS) is 14.4. The second-order valence-corrected chi connectivity index (χ2v) is 5.35. The molecule has 0 aromatic carbocycles. The van der Waals surface area contributed by atoms with Crippen LogP contribution in [0, 0.1) is 0 Å². The number of anilines is 1. The number of aliphatic hydroxyl groups is 1. The number of rotatable bonds is 6. The minimum atomic E-state index is -0.448. The minimum Gasteiger partial charge on any atom is -0.389 e. The second kappa shape index (κ2) is 6.87. The third-order valence-corrected chi connectivity index (χ3v) is 3.66. The predicted molar refractivity (Wildman–Crippen MR) is 75.7 cm³/mol. The zero-order valence-electron chi connectivity index (χ0n) is 11.1. The van der Waals surface area contributed by atoms with Crippen LogP contribution in [0.4, 0.5) is 5.82 Å². The standard InChI is InChI=1S/C13H22N2OS/c1-10(7-8-17-4)15(3)13-6-5-12(9-14-13)11(2)16/h5-6,9-11,16H,7-8H2,1-4H3/t10?,11-/m0/s1. The molecule has 1 N–H and O–H groups in total. The van der Waals surface area contributed by atoms with Crippen LogP contribution in [0.25, 0.3) is 0 Å². The van der Waals surface area contributed by atoms with Gasteiger partial charge in [-0.1, -0.05) is 6.07 Å². The Labute approximate surface area is 108 Å². The SMILES string of the molecule is CSCCC(C)N(C)c1ccc([C@H](C)O)cn1. The van der Waals surface area contributed by atoms with Crippen molar-refractivity contribution in [2.45, 2.75) is 32.4 Å². The molecule has 0 amide bonds. The van der Waals surface area contributed by atoms with Gasteiger partial charge in [0.05, 0.1) is 6.10 Å². The monoisotopic (exact) mass is 254 g/mol. The minimum absolute atomic E-state index is 0.448. The van der Waals surface area contributed by atoms with Crippen molar-refractivity contribution in [3.8, 4) is 0 Å². The molecule has 0 bridgehead atoms. The van der Waals surface area contributed by atoms with E-state index in [-0.39, 0.29) is 0 Å². The van der Waals surface area contributed by atoms with E-state index in [1.54, 1.807) is 13.1 Å². The molecule has 0 saturated carbocycles. The molecule has 0 aliphatic heterocycles. The smallest absolute Gasteiger partial charge is 0.128 e. The topological polar surface area (TPSA) is 36.4 Å². The summed E-state index contributed by atoms with van der Waals surface area (Å²) in [7, 11) is 2.06. The van der Waals surface area contributed by atoms with Gasteiger partial charge in [-0.15, -0.1) is 0 Å². The molecule has 1 aromatic heterocycles. The maximum atomic E-state index is 9.42. The Bertz CT molecular complexity index is 327. The Morgan fingerprint density at radius 3 is 2.59 bits per heavy atom. The summed E-state index contributed by atoms with van der Waals surface area (Å²) in [5.74, 6) is 2.13. The van der Waals surface area contributed by atoms with Gasteiger partial charge in [-0.25, -0.2) is 4.98 Å². The molecule has 0 radical (unpaired) electrons. The third-order valence-electron chi connectivity index (χ3n) is 3.02. The van der Waals surface area contributed by atoms with Crippen molar-refractivity contribution >= 4 is 17.6 Å². The number of nitrogens with zero attached hydrogens (tertiary/aromatic N) is 2. The van der Waals surface area contributed by atoms with Crippen LogP contribution in [0.2, 0.25) is 0 Å². The van der Waals surface area contributed by atoms with Gasteiger partial charge in [0.15, 0.2) is 0 Å².